The fourth-order valence-corrected chi connectivity index (χ4v) is 3.63. The SMILES string of the molecule is NC(=O)Cn1ccnc1[C@@H]1CCCN(C(=O)c2n[nH]c3ccccc23)C1. The van der Waals surface area contributed by atoms with Crippen molar-refractivity contribution in [1.82, 2.24) is 24.6 Å². The molecule has 1 fully saturated rings. The largest absolute Gasteiger partial charge is 0.368 e. The van der Waals surface area contributed by atoms with Crippen LogP contribution in [0.2, 0.25) is 0 Å². The Hall–Kier alpha value is -3.16. The van der Waals surface area contributed by atoms with Crippen LogP contribution in [-0.2, 0) is 11.3 Å². The molecule has 4 rings (SSSR count). The second kappa shape index (κ2) is 6.62. The summed E-state index contributed by atoms with van der Waals surface area (Å²) in [5.74, 6) is 0.386. The van der Waals surface area contributed by atoms with Crippen LogP contribution < -0.4 is 5.73 Å². The van der Waals surface area contributed by atoms with Crippen LogP contribution in [0.15, 0.2) is 36.7 Å². The van der Waals surface area contributed by atoms with Gasteiger partial charge in [-0.25, -0.2) is 4.98 Å². The van der Waals surface area contributed by atoms with Crippen molar-refractivity contribution in [2.75, 3.05) is 13.1 Å². The quantitative estimate of drug-likeness (QED) is 0.736. The Balaban J connectivity index is 1.56. The van der Waals surface area contributed by atoms with E-state index in [1.165, 1.54) is 0 Å². The minimum absolute atomic E-state index is 0.0762. The predicted octanol–water partition coefficient (Wildman–Crippen LogP) is 1.26. The molecule has 1 aliphatic rings. The Morgan fingerprint density at radius 2 is 2.15 bits per heavy atom. The van der Waals surface area contributed by atoms with Gasteiger partial charge in [-0.05, 0) is 18.9 Å². The molecule has 134 valence electrons. The molecule has 0 aliphatic carbocycles. The summed E-state index contributed by atoms with van der Waals surface area (Å²) in [7, 11) is 0. The van der Waals surface area contributed by atoms with Crippen molar-refractivity contribution in [1.29, 1.82) is 0 Å². The second-order valence-electron chi connectivity index (χ2n) is 6.59. The monoisotopic (exact) mass is 352 g/mol. The number of hydrogen-bond donors (Lipinski definition) is 2. The van der Waals surface area contributed by atoms with Crippen molar-refractivity contribution in [2.24, 2.45) is 5.73 Å². The number of fused-ring (bicyclic) bond motifs is 1. The third-order valence-corrected chi connectivity index (χ3v) is 4.82. The first-order valence-electron chi connectivity index (χ1n) is 8.65. The van der Waals surface area contributed by atoms with E-state index >= 15 is 0 Å². The van der Waals surface area contributed by atoms with Crippen molar-refractivity contribution in [3.63, 3.8) is 0 Å². The predicted molar refractivity (Wildman–Crippen MR) is 95.4 cm³/mol. The van der Waals surface area contributed by atoms with Gasteiger partial charge in [0.05, 0.1) is 5.52 Å². The van der Waals surface area contributed by atoms with Gasteiger partial charge in [-0.1, -0.05) is 18.2 Å². The molecule has 1 atom stereocenters. The summed E-state index contributed by atoms with van der Waals surface area (Å²) in [6.45, 7) is 1.34. The van der Waals surface area contributed by atoms with Crippen LogP contribution in [0.4, 0.5) is 0 Å². The fraction of sp³-hybridized carbons (Fsp3) is 0.333. The van der Waals surface area contributed by atoms with Gasteiger partial charge in [-0.3, -0.25) is 14.7 Å². The van der Waals surface area contributed by atoms with Crippen molar-refractivity contribution >= 4 is 22.7 Å². The molecule has 1 aliphatic heterocycles. The van der Waals surface area contributed by atoms with Crippen LogP contribution in [0.1, 0.15) is 35.1 Å². The van der Waals surface area contributed by atoms with Crippen molar-refractivity contribution in [3.05, 3.63) is 48.2 Å². The molecule has 0 bridgehead atoms. The average molecular weight is 352 g/mol. The highest BCUT2D eigenvalue weighted by atomic mass is 16.2. The zero-order valence-corrected chi connectivity index (χ0v) is 14.3. The number of imidazole rings is 1. The first-order chi connectivity index (χ1) is 12.6. The average Bonchev–Trinajstić information content (AvgIpc) is 3.27. The molecule has 3 aromatic rings. The molecule has 1 saturated heterocycles. The van der Waals surface area contributed by atoms with E-state index in [2.05, 4.69) is 15.2 Å². The molecule has 8 nitrogen and oxygen atoms in total. The third-order valence-electron chi connectivity index (χ3n) is 4.82. The van der Waals surface area contributed by atoms with Crippen molar-refractivity contribution in [3.8, 4) is 0 Å². The number of aromatic nitrogens is 4. The van der Waals surface area contributed by atoms with Gasteiger partial charge in [0.2, 0.25) is 5.91 Å². The molecule has 0 spiro atoms. The van der Waals surface area contributed by atoms with Crippen LogP contribution in [0.3, 0.4) is 0 Å². The van der Waals surface area contributed by atoms with Crippen LogP contribution in [0, 0.1) is 0 Å². The number of nitrogens with two attached hydrogens (primary N) is 1. The molecule has 0 saturated carbocycles. The molecule has 8 heteroatoms. The molecule has 0 unspecified atom stereocenters. The summed E-state index contributed by atoms with van der Waals surface area (Å²) >= 11 is 0. The number of nitrogens with zero attached hydrogens (tertiary/aromatic N) is 4. The fourth-order valence-electron chi connectivity index (χ4n) is 3.63. The number of H-pyrrole nitrogens is 1. The Bertz CT molecular complexity index is 959. The topological polar surface area (TPSA) is 110 Å². The number of carbonyl (C=O) groups is 2. The van der Waals surface area contributed by atoms with Gasteiger partial charge in [0.15, 0.2) is 5.69 Å². The normalized spacial score (nSPS) is 17.5. The maximum Gasteiger partial charge on any atom is 0.275 e. The minimum Gasteiger partial charge on any atom is -0.368 e. The highest BCUT2D eigenvalue weighted by Gasteiger charge is 2.29. The highest BCUT2D eigenvalue weighted by molar-refractivity contribution is 6.04. The number of carbonyl (C=O) groups excluding carboxylic acids is 2. The Labute approximate surface area is 150 Å². The molecule has 3 heterocycles. The van der Waals surface area contributed by atoms with Gasteiger partial charge < -0.3 is 15.2 Å². The van der Waals surface area contributed by atoms with Crippen molar-refractivity contribution < 1.29 is 9.59 Å². The van der Waals surface area contributed by atoms with Crippen LogP contribution >= 0.6 is 0 Å². The van der Waals surface area contributed by atoms with E-state index in [1.807, 2.05) is 29.2 Å². The van der Waals surface area contributed by atoms with Crippen LogP contribution in [-0.4, -0.2) is 49.6 Å². The first kappa shape index (κ1) is 16.3. The molecule has 2 amide bonds. The van der Waals surface area contributed by atoms with Gasteiger partial charge in [-0.2, -0.15) is 5.10 Å². The summed E-state index contributed by atoms with van der Waals surface area (Å²) < 4.78 is 1.77. The first-order valence-corrected chi connectivity index (χ1v) is 8.65. The summed E-state index contributed by atoms with van der Waals surface area (Å²) in [4.78, 5) is 30.5. The number of likely N-dealkylation sites (tertiary alicyclic amines) is 1. The lowest BCUT2D eigenvalue weighted by molar-refractivity contribution is -0.118. The number of hydrogen-bond acceptors (Lipinski definition) is 4. The number of piperidine rings is 1. The number of aromatic amines is 1. The van der Waals surface area contributed by atoms with E-state index < -0.39 is 5.91 Å². The van der Waals surface area contributed by atoms with Gasteiger partial charge in [0, 0.05) is 36.8 Å². The van der Waals surface area contributed by atoms with E-state index in [4.69, 9.17) is 5.73 Å². The number of para-hydroxylation sites is 1. The van der Waals surface area contributed by atoms with Gasteiger partial charge in [0.1, 0.15) is 12.4 Å². The zero-order valence-electron chi connectivity index (χ0n) is 14.3. The molecule has 26 heavy (non-hydrogen) atoms. The maximum absolute atomic E-state index is 13.0. The Morgan fingerprint density at radius 1 is 1.31 bits per heavy atom. The van der Waals surface area contributed by atoms with Gasteiger partial charge in [0.25, 0.3) is 5.91 Å². The van der Waals surface area contributed by atoms with E-state index in [-0.39, 0.29) is 18.4 Å². The van der Waals surface area contributed by atoms with E-state index in [9.17, 15) is 9.59 Å². The minimum atomic E-state index is -0.406. The van der Waals surface area contributed by atoms with Crippen LogP contribution in [0.5, 0.6) is 0 Å². The lowest BCUT2D eigenvalue weighted by atomic mass is 9.96. The zero-order chi connectivity index (χ0) is 18.1. The second-order valence-corrected chi connectivity index (χ2v) is 6.59. The number of nitrogens with one attached hydrogen (secondary N) is 1. The number of benzene rings is 1. The maximum atomic E-state index is 13.0. The van der Waals surface area contributed by atoms with Gasteiger partial charge >= 0.3 is 0 Å². The third kappa shape index (κ3) is 2.94. The number of primary amides is 1. The van der Waals surface area contributed by atoms with Crippen LogP contribution in [0.25, 0.3) is 10.9 Å². The standard InChI is InChI=1S/C18H20N6O2/c19-15(25)11-23-9-7-20-17(23)12-4-3-8-24(10-12)18(26)16-13-5-1-2-6-14(13)21-22-16/h1-2,5-7,9,12H,3-4,8,10-11H2,(H2,19,25)(H,21,22)/t12-/m1/s1. The van der Waals surface area contributed by atoms with Gasteiger partial charge in [-0.15, -0.1) is 0 Å². The summed E-state index contributed by atoms with van der Waals surface area (Å²) in [5, 5.41) is 7.96. The summed E-state index contributed by atoms with van der Waals surface area (Å²) in [6, 6.07) is 7.60. The van der Waals surface area contributed by atoms with E-state index in [0.717, 1.165) is 29.6 Å². The molecule has 3 N–H and O–H groups in total. The smallest absolute Gasteiger partial charge is 0.275 e. The van der Waals surface area contributed by atoms with E-state index in [0.29, 0.717) is 18.8 Å². The summed E-state index contributed by atoms with van der Waals surface area (Å²) in [6.07, 6.45) is 5.21. The number of amides is 2. The number of rotatable bonds is 4. The Morgan fingerprint density at radius 3 is 3.00 bits per heavy atom. The molecule has 2 aromatic heterocycles. The molecule has 0 radical (unpaired) electrons. The molecular formula is C18H20N6O2. The lowest BCUT2D eigenvalue weighted by Gasteiger charge is -2.32. The summed E-state index contributed by atoms with van der Waals surface area (Å²) in [5.41, 5.74) is 6.61. The van der Waals surface area contributed by atoms with E-state index in [1.54, 1.807) is 17.0 Å². The molecule has 1 aromatic carbocycles. The molecular weight excluding hydrogens is 332 g/mol. The highest BCUT2D eigenvalue weighted by Crippen LogP contribution is 2.27. The van der Waals surface area contributed by atoms with Crippen molar-refractivity contribution in [2.45, 2.75) is 25.3 Å². The lowest BCUT2D eigenvalue weighted by Crippen LogP contribution is -2.40. The Kier molecular flexibility index (Phi) is 4.16.